The molecule has 0 radical (unpaired) electrons. The van der Waals surface area contributed by atoms with Crippen molar-refractivity contribution in [3.63, 3.8) is 0 Å². The topological polar surface area (TPSA) is 59.7 Å². The van der Waals surface area contributed by atoms with E-state index in [-0.39, 0.29) is 17.6 Å². The summed E-state index contributed by atoms with van der Waals surface area (Å²) in [5.74, 6) is 0.0711. The molecule has 0 fully saturated rings. The van der Waals surface area contributed by atoms with Gasteiger partial charge in [-0.15, -0.1) is 0 Å². The maximum atomic E-state index is 11.1. The van der Waals surface area contributed by atoms with Crippen molar-refractivity contribution in [1.82, 2.24) is 0 Å². The molecule has 4 nitrogen and oxygen atoms in total. The minimum absolute atomic E-state index is 0.0537. The summed E-state index contributed by atoms with van der Waals surface area (Å²) >= 11 is 0. The molecule has 0 aliphatic carbocycles. The highest BCUT2D eigenvalue weighted by molar-refractivity contribution is 5.88. The van der Waals surface area contributed by atoms with Crippen LogP contribution in [0.3, 0.4) is 0 Å². The number of carboxylic acids is 1. The van der Waals surface area contributed by atoms with Crippen LogP contribution in [0, 0.1) is 6.92 Å². The van der Waals surface area contributed by atoms with E-state index in [4.69, 9.17) is 14.3 Å². The van der Waals surface area contributed by atoms with Crippen LogP contribution >= 0.6 is 0 Å². The minimum atomic E-state index is -1.01. The zero-order chi connectivity index (χ0) is 15.6. The summed E-state index contributed by atoms with van der Waals surface area (Å²) in [5, 5.41) is 9.06. The van der Waals surface area contributed by atoms with Gasteiger partial charge in [0.1, 0.15) is 17.9 Å². The quantitative estimate of drug-likeness (QED) is 0.917. The Hall–Kier alpha value is -2.23. The van der Waals surface area contributed by atoms with Gasteiger partial charge >= 0.3 is 5.97 Å². The molecule has 0 bridgehead atoms. The fraction of sp³-hybridized carbons (Fsp3) is 0.353. The van der Waals surface area contributed by atoms with Crippen LogP contribution in [0.2, 0.25) is 0 Å². The molecule has 2 aromatic rings. The van der Waals surface area contributed by atoms with Crippen LogP contribution in [0.1, 0.15) is 48.0 Å². The number of carbonyl (C=O) groups is 1. The SMILES string of the molecule is Cc1ccc(C(C)(C)C)c(OCc2occc2C(=O)O)c1. The number of ether oxygens (including phenoxy) is 1. The van der Waals surface area contributed by atoms with E-state index < -0.39 is 5.97 Å². The third kappa shape index (κ3) is 3.45. The smallest absolute Gasteiger partial charge is 0.339 e. The number of aryl methyl sites for hydroxylation is 1. The summed E-state index contributed by atoms with van der Waals surface area (Å²) in [7, 11) is 0. The molecule has 1 aromatic carbocycles. The lowest BCUT2D eigenvalue weighted by molar-refractivity contribution is 0.0691. The molecule has 4 heteroatoms. The van der Waals surface area contributed by atoms with Gasteiger partial charge in [-0.3, -0.25) is 0 Å². The Morgan fingerprint density at radius 1 is 1.29 bits per heavy atom. The second-order valence-electron chi connectivity index (χ2n) is 6.10. The van der Waals surface area contributed by atoms with Gasteiger partial charge < -0.3 is 14.3 Å². The van der Waals surface area contributed by atoms with Crippen LogP contribution in [-0.2, 0) is 12.0 Å². The molecule has 1 N–H and O–H groups in total. The Morgan fingerprint density at radius 3 is 2.62 bits per heavy atom. The van der Waals surface area contributed by atoms with Gasteiger partial charge in [0, 0.05) is 0 Å². The highest BCUT2D eigenvalue weighted by atomic mass is 16.5. The number of rotatable bonds is 4. The van der Waals surface area contributed by atoms with Gasteiger partial charge in [-0.2, -0.15) is 0 Å². The minimum Gasteiger partial charge on any atom is -0.485 e. The monoisotopic (exact) mass is 288 g/mol. The van der Waals surface area contributed by atoms with Crippen LogP contribution < -0.4 is 4.74 Å². The standard InChI is InChI=1S/C17H20O4/c1-11-5-6-13(17(2,3)4)14(9-11)21-10-15-12(16(18)19)7-8-20-15/h5-9H,10H2,1-4H3,(H,18,19). The molecule has 0 saturated carbocycles. The Kier molecular flexibility index (Phi) is 4.07. The van der Waals surface area contributed by atoms with Crippen molar-refractivity contribution in [2.45, 2.75) is 39.7 Å². The first-order valence-electron chi connectivity index (χ1n) is 6.82. The summed E-state index contributed by atoms with van der Waals surface area (Å²) in [6.45, 7) is 8.43. The lowest BCUT2D eigenvalue weighted by Gasteiger charge is -2.23. The van der Waals surface area contributed by atoms with E-state index >= 15 is 0 Å². The fourth-order valence-electron chi connectivity index (χ4n) is 2.15. The molecule has 0 atom stereocenters. The summed E-state index contributed by atoms with van der Waals surface area (Å²) in [5.41, 5.74) is 2.26. The van der Waals surface area contributed by atoms with Crippen molar-refractivity contribution in [3.05, 3.63) is 53.0 Å². The molecular formula is C17H20O4. The molecule has 0 aliphatic rings. The normalized spacial score (nSPS) is 11.4. The third-order valence-electron chi connectivity index (χ3n) is 3.28. The third-order valence-corrected chi connectivity index (χ3v) is 3.28. The van der Waals surface area contributed by atoms with E-state index in [1.54, 1.807) is 0 Å². The Bertz CT molecular complexity index is 647. The van der Waals surface area contributed by atoms with Gasteiger partial charge in [-0.25, -0.2) is 4.79 Å². The molecule has 21 heavy (non-hydrogen) atoms. The van der Waals surface area contributed by atoms with Crippen molar-refractivity contribution in [1.29, 1.82) is 0 Å². The Balaban J connectivity index is 2.25. The van der Waals surface area contributed by atoms with Gasteiger partial charge in [-0.05, 0) is 35.6 Å². The van der Waals surface area contributed by atoms with E-state index in [2.05, 4.69) is 20.8 Å². The van der Waals surface area contributed by atoms with Crippen molar-refractivity contribution < 1.29 is 19.1 Å². The summed E-state index contributed by atoms with van der Waals surface area (Å²) in [4.78, 5) is 11.1. The zero-order valence-electron chi connectivity index (χ0n) is 12.8. The molecule has 1 aromatic heterocycles. The van der Waals surface area contributed by atoms with E-state index in [0.717, 1.165) is 16.9 Å². The number of aromatic carboxylic acids is 1. The number of furan rings is 1. The van der Waals surface area contributed by atoms with E-state index in [1.807, 2.05) is 25.1 Å². The highest BCUT2D eigenvalue weighted by Crippen LogP contribution is 2.32. The molecule has 0 aliphatic heterocycles. The first kappa shape index (κ1) is 15.2. The lowest BCUT2D eigenvalue weighted by atomic mass is 9.86. The van der Waals surface area contributed by atoms with E-state index in [9.17, 15) is 4.79 Å². The summed E-state index contributed by atoms with van der Waals surface area (Å²) in [6, 6.07) is 7.49. The van der Waals surface area contributed by atoms with Gasteiger partial charge in [0.25, 0.3) is 0 Å². The van der Waals surface area contributed by atoms with Gasteiger partial charge in [0.15, 0.2) is 5.76 Å². The Labute approximate surface area is 124 Å². The van der Waals surface area contributed by atoms with Crippen LogP contribution in [0.4, 0.5) is 0 Å². The molecule has 0 saturated heterocycles. The van der Waals surface area contributed by atoms with Crippen LogP contribution in [0.5, 0.6) is 5.75 Å². The van der Waals surface area contributed by atoms with Crippen LogP contribution in [-0.4, -0.2) is 11.1 Å². The second-order valence-corrected chi connectivity index (χ2v) is 6.10. The van der Waals surface area contributed by atoms with Crippen molar-refractivity contribution in [2.24, 2.45) is 0 Å². The fourth-order valence-corrected chi connectivity index (χ4v) is 2.15. The van der Waals surface area contributed by atoms with Crippen molar-refractivity contribution >= 4 is 5.97 Å². The highest BCUT2D eigenvalue weighted by Gasteiger charge is 2.20. The van der Waals surface area contributed by atoms with Crippen molar-refractivity contribution in [3.8, 4) is 5.75 Å². The lowest BCUT2D eigenvalue weighted by Crippen LogP contribution is -2.14. The zero-order valence-corrected chi connectivity index (χ0v) is 12.8. The first-order valence-corrected chi connectivity index (χ1v) is 6.82. The summed E-state index contributed by atoms with van der Waals surface area (Å²) in [6.07, 6.45) is 1.36. The molecule has 0 spiro atoms. The number of hydrogen-bond acceptors (Lipinski definition) is 3. The second kappa shape index (κ2) is 5.64. The maximum absolute atomic E-state index is 11.1. The molecule has 2 rings (SSSR count). The van der Waals surface area contributed by atoms with E-state index in [1.165, 1.54) is 12.3 Å². The number of carboxylic acid groups (broad SMARTS) is 1. The predicted octanol–water partition coefficient (Wildman–Crippen LogP) is 4.16. The maximum Gasteiger partial charge on any atom is 0.339 e. The number of benzene rings is 1. The predicted molar refractivity (Wildman–Crippen MR) is 79.9 cm³/mol. The van der Waals surface area contributed by atoms with E-state index in [0.29, 0.717) is 5.76 Å². The van der Waals surface area contributed by atoms with Crippen LogP contribution in [0.25, 0.3) is 0 Å². The van der Waals surface area contributed by atoms with Crippen molar-refractivity contribution in [2.75, 3.05) is 0 Å². The average Bonchev–Trinajstić information content (AvgIpc) is 2.83. The van der Waals surface area contributed by atoms with Gasteiger partial charge in [0.2, 0.25) is 0 Å². The molecule has 112 valence electrons. The average molecular weight is 288 g/mol. The molecule has 0 amide bonds. The number of hydrogen-bond donors (Lipinski definition) is 1. The van der Waals surface area contributed by atoms with Gasteiger partial charge in [0.05, 0.1) is 6.26 Å². The summed E-state index contributed by atoms with van der Waals surface area (Å²) < 4.78 is 11.0. The molecular weight excluding hydrogens is 268 g/mol. The molecule has 0 unspecified atom stereocenters. The van der Waals surface area contributed by atoms with Gasteiger partial charge in [-0.1, -0.05) is 32.9 Å². The Morgan fingerprint density at radius 2 is 2.00 bits per heavy atom. The molecule has 1 heterocycles. The largest absolute Gasteiger partial charge is 0.485 e. The van der Waals surface area contributed by atoms with Crippen LogP contribution in [0.15, 0.2) is 34.9 Å². The first-order chi connectivity index (χ1) is 9.79.